The first-order valence-corrected chi connectivity index (χ1v) is 9.80. The highest BCUT2D eigenvalue weighted by atomic mass is 14.2. The lowest BCUT2D eigenvalue weighted by atomic mass is 9.88. The maximum atomic E-state index is 2.34. The number of fused-ring (bicyclic) bond motifs is 2. The molecular weight excluding hydrogens is 336 g/mol. The van der Waals surface area contributed by atoms with E-state index < -0.39 is 0 Å². The minimum absolute atomic E-state index is 1.27. The van der Waals surface area contributed by atoms with E-state index in [1.165, 1.54) is 54.9 Å². The summed E-state index contributed by atoms with van der Waals surface area (Å²) >= 11 is 0. The molecule has 28 heavy (non-hydrogen) atoms. The molecule has 5 aromatic rings. The molecule has 0 aliphatic carbocycles. The third kappa shape index (κ3) is 2.70. The first-order valence-electron chi connectivity index (χ1n) is 9.80. The van der Waals surface area contributed by atoms with E-state index in [1.54, 1.807) is 0 Å². The van der Waals surface area contributed by atoms with E-state index in [-0.39, 0.29) is 0 Å². The van der Waals surface area contributed by atoms with Crippen LogP contribution in [-0.4, -0.2) is 0 Å². The molecule has 0 unspecified atom stereocenters. The fourth-order valence-electron chi connectivity index (χ4n) is 4.28. The van der Waals surface area contributed by atoms with Crippen LogP contribution in [0.15, 0.2) is 97.1 Å². The quantitative estimate of drug-likeness (QED) is 0.281. The van der Waals surface area contributed by atoms with Crippen molar-refractivity contribution in [2.24, 2.45) is 0 Å². The fourth-order valence-corrected chi connectivity index (χ4v) is 4.28. The van der Waals surface area contributed by atoms with Crippen LogP contribution in [0.4, 0.5) is 0 Å². The highest BCUT2D eigenvalue weighted by molar-refractivity contribution is 6.13. The minimum Gasteiger partial charge on any atom is -0.0620 e. The Morgan fingerprint density at radius 3 is 1.82 bits per heavy atom. The molecule has 0 aliphatic heterocycles. The zero-order chi connectivity index (χ0) is 19.1. The summed E-state index contributed by atoms with van der Waals surface area (Å²) < 4.78 is 0. The second-order valence-electron chi connectivity index (χ2n) is 7.54. The average Bonchev–Trinajstić information content (AvgIpc) is 2.73. The van der Waals surface area contributed by atoms with Gasteiger partial charge in [0, 0.05) is 0 Å². The normalized spacial score (nSPS) is 11.2. The van der Waals surface area contributed by atoms with Gasteiger partial charge in [0.1, 0.15) is 0 Å². The highest BCUT2D eigenvalue weighted by Gasteiger charge is 2.12. The number of benzene rings is 5. The molecule has 0 saturated carbocycles. The summed E-state index contributed by atoms with van der Waals surface area (Å²) in [5, 5.41) is 5.20. The highest BCUT2D eigenvalue weighted by Crippen LogP contribution is 2.39. The van der Waals surface area contributed by atoms with E-state index in [0.29, 0.717) is 0 Å². The lowest BCUT2D eigenvalue weighted by molar-refractivity contribution is 1.46. The van der Waals surface area contributed by atoms with Gasteiger partial charge in [-0.25, -0.2) is 0 Å². The second-order valence-corrected chi connectivity index (χ2v) is 7.54. The summed E-state index contributed by atoms with van der Waals surface area (Å²) in [7, 11) is 0. The SMILES string of the molecule is Cc1ccccc1-c1ccc2c(-c3ccccc3C)c3ccccc3cc2c1. The van der Waals surface area contributed by atoms with Crippen LogP contribution in [0.1, 0.15) is 11.1 Å². The molecule has 5 rings (SSSR count). The summed E-state index contributed by atoms with van der Waals surface area (Å²) in [6, 6.07) is 35.2. The first kappa shape index (κ1) is 16.8. The molecule has 0 radical (unpaired) electrons. The van der Waals surface area contributed by atoms with Gasteiger partial charge in [-0.1, -0.05) is 84.9 Å². The molecule has 0 nitrogen and oxygen atoms in total. The Hall–Kier alpha value is -3.38. The molecule has 5 aromatic carbocycles. The van der Waals surface area contributed by atoms with Crippen LogP contribution in [0, 0.1) is 13.8 Å². The van der Waals surface area contributed by atoms with Gasteiger partial charge in [-0.3, -0.25) is 0 Å². The molecule has 0 saturated heterocycles. The van der Waals surface area contributed by atoms with Gasteiger partial charge in [0.15, 0.2) is 0 Å². The zero-order valence-electron chi connectivity index (χ0n) is 16.2. The lowest BCUT2D eigenvalue weighted by Gasteiger charge is -2.15. The minimum atomic E-state index is 1.27. The van der Waals surface area contributed by atoms with Gasteiger partial charge in [0.05, 0.1) is 0 Å². The Bertz CT molecular complexity index is 1320. The fraction of sp³-hybridized carbons (Fsp3) is 0.0714. The third-order valence-electron chi connectivity index (χ3n) is 5.73. The monoisotopic (exact) mass is 358 g/mol. The van der Waals surface area contributed by atoms with Crippen LogP contribution < -0.4 is 0 Å². The van der Waals surface area contributed by atoms with Crippen LogP contribution in [-0.2, 0) is 0 Å². The number of hydrogen-bond acceptors (Lipinski definition) is 0. The summed E-state index contributed by atoms with van der Waals surface area (Å²) in [4.78, 5) is 0. The Labute approximate surface area is 166 Å². The van der Waals surface area contributed by atoms with Crippen molar-refractivity contribution in [1.82, 2.24) is 0 Å². The van der Waals surface area contributed by atoms with E-state index in [2.05, 4.69) is 111 Å². The van der Waals surface area contributed by atoms with Crippen LogP contribution in [0.25, 0.3) is 43.8 Å². The molecule has 0 spiro atoms. The first-order chi connectivity index (χ1) is 13.7. The van der Waals surface area contributed by atoms with E-state index in [4.69, 9.17) is 0 Å². The van der Waals surface area contributed by atoms with Crippen LogP contribution in [0.5, 0.6) is 0 Å². The number of aryl methyl sites for hydroxylation is 2. The van der Waals surface area contributed by atoms with Crippen molar-refractivity contribution in [3.05, 3.63) is 108 Å². The third-order valence-corrected chi connectivity index (χ3v) is 5.73. The van der Waals surface area contributed by atoms with E-state index >= 15 is 0 Å². The molecule has 0 amide bonds. The second kappa shape index (κ2) is 6.65. The van der Waals surface area contributed by atoms with Crippen molar-refractivity contribution in [1.29, 1.82) is 0 Å². The molecule has 0 heterocycles. The Morgan fingerprint density at radius 1 is 0.464 bits per heavy atom. The van der Waals surface area contributed by atoms with Crippen molar-refractivity contribution < 1.29 is 0 Å². The Morgan fingerprint density at radius 2 is 1.07 bits per heavy atom. The molecule has 0 bridgehead atoms. The maximum absolute atomic E-state index is 2.34. The van der Waals surface area contributed by atoms with Crippen molar-refractivity contribution in [2.75, 3.05) is 0 Å². The largest absolute Gasteiger partial charge is 0.0620 e. The summed E-state index contributed by atoms with van der Waals surface area (Å²) in [6.45, 7) is 4.38. The molecule has 134 valence electrons. The van der Waals surface area contributed by atoms with Gasteiger partial charge < -0.3 is 0 Å². The molecule has 0 heteroatoms. The molecule has 0 atom stereocenters. The van der Waals surface area contributed by atoms with Crippen molar-refractivity contribution >= 4 is 21.5 Å². The van der Waals surface area contributed by atoms with Gasteiger partial charge in [0.25, 0.3) is 0 Å². The summed E-state index contributed by atoms with van der Waals surface area (Å²) in [6.07, 6.45) is 0. The van der Waals surface area contributed by atoms with Crippen molar-refractivity contribution in [2.45, 2.75) is 13.8 Å². The predicted octanol–water partition coefficient (Wildman–Crippen LogP) is 7.94. The van der Waals surface area contributed by atoms with Gasteiger partial charge in [-0.2, -0.15) is 0 Å². The molecule has 0 aliphatic rings. The maximum Gasteiger partial charge on any atom is -0.00241 e. The van der Waals surface area contributed by atoms with Gasteiger partial charge in [-0.15, -0.1) is 0 Å². The molecule has 0 N–H and O–H groups in total. The van der Waals surface area contributed by atoms with Gasteiger partial charge in [0.2, 0.25) is 0 Å². The van der Waals surface area contributed by atoms with Gasteiger partial charge in [-0.05, 0) is 80.9 Å². The zero-order valence-corrected chi connectivity index (χ0v) is 16.2. The predicted molar refractivity (Wildman–Crippen MR) is 122 cm³/mol. The van der Waals surface area contributed by atoms with Crippen LogP contribution >= 0.6 is 0 Å². The van der Waals surface area contributed by atoms with Crippen LogP contribution in [0.3, 0.4) is 0 Å². The Kier molecular flexibility index (Phi) is 3.98. The molecular formula is C28H22. The smallest absolute Gasteiger partial charge is 0.00241 e. The van der Waals surface area contributed by atoms with Crippen molar-refractivity contribution in [3.8, 4) is 22.3 Å². The number of hydrogen-bond donors (Lipinski definition) is 0. The van der Waals surface area contributed by atoms with E-state index in [9.17, 15) is 0 Å². The van der Waals surface area contributed by atoms with Gasteiger partial charge >= 0.3 is 0 Å². The van der Waals surface area contributed by atoms with Crippen molar-refractivity contribution in [3.63, 3.8) is 0 Å². The average molecular weight is 358 g/mol. The standard InChI is InChI=1S/C28H22/c1-19-9-3-6-12-24(19)22-15-16-27-23(18-22)17-21-11-5-8-14-26(21)28(27)25-13-7-4-10-20(25)2/h3-18H,1-2H3. The van der Waals surface area contributed by atoms with E-state index in [0.717, 1.165) is 0 Å². The molecule has 0 aromatic heterocycles. The number of rotatable bonds is 2. The Balaban J connectivity index is 1.87. The topological polar surface area (TPSA) is 0 Å². The summed E-state index contributed by atoms with van der Waals surface area (Å²) in [5.74, 6) is 0. The lowest BCUT2D eigenvalue weighted by Crippen LogP contribution is -1.89. The summed E-state index contributed by atoms with van der Waals surface area (Å²) in [5.41, 5.74) is 7.84. The van der Waals surface area contributed by atoms with Crippen LogP contribution in [0.2, 0.25) is 0 Å². The molecule has 0 fully saturated rings. The van der Waals surface area contributed by atoms with E-state index in [1.807, 2.05) is 0 Å².